The molecule has 6 rings (SSSR count). The van der Waals surface area contributed by atoms with E-state index >= 15 is 8.78 Å². The fourth-order valence-electron chi connectivity index (χ4n) is 4.70. The number of nitrogens with zero attached hydrogens (tertiary/aromatic N) is 6. The molecule has 0 atom stereocenters. The zero-order chi connectivity index (χ0) is 32.1. The van der Waals surface area contributed by atoms with Crippen molar-refractivity contribution in [3.8, 4) is 11.9 Å². The summed E-state index contributed by atoms with van der Waals surface area (Å²) in [4.78, 5) is 17.2. The van der Waals surface area contributed by atoms with Gasteiger partial charge >= 0.3 is 0 Å². The van der Waals surface area contributed by atoms with Gasteiger partial charge in [0.1, 0.15) is 40.4 Å². The van der Waals surface area contributed by atoms with Gasteiger partial charge in [0, 0.05) is 0 Å². The number of nitriles is 1. The van der Waals surface area contributed by atoms with Crippen LogP contribution < -0.4 is 10.0 Å². The summed E-state index contributed by atoms with van der Waals surface area (Å²) in [5.41, 5.74) is 0.548. The lowest BCUT2D eigenvalue weighted by Crippen LogP contribution is -2.15. The zero-order valence-corrected chi connectivity index (χ0v) is 25.7. The summed E-state index contributed by atoms with van der Waals surface area (Å²) in [6.07, 6.45) is 2.76. The summed E-state index contributed by atoms with van der Waals surface area (Å²) in [5, 5.41) is 12.0. The number of imidazole rings is 1. The summed E-state index contributed by atoms with van der Waals surface area (Å²) >= 11 is 12.0. The normalized spacial score (nSPS) is 11.9. The topological polar surface area (TPSA) is 138 Å². The molecule has 6 aromatic rings. The van der Waals surface area contributed by atoms with Gasteiger partial charge in [0.15, 0.2) is 11.6 Å². The summed E-state index contributed by atoms with van der Waals surface area (Å²) in [5.74, 6) is -1.91. The van der Waals surface area contributed by atoms with Crippen molar-refractivity contribution in [2.45, 2.75) is 24.2 Å². The molecule has 10 nitrogen and oxygen atoms in total. The van der Waals surface area contributed by atoms with Crippen LogP contribution in [0.5, 0.6) is 0 Å². The number of fused-ring (bicyclic) bond motifs is 2. The molecule has 0 bridgehead atoms. The lowest BCUT2D eigenvalue weighted by molar-refractivity contribution is 0.588. The molecular formula is C30H20Cl2F2N8O2S. The number of pyridine rings is 1. The Kier molecular flexibility index (Phi) is 7.52. The standard InChI is InChI=1S/C30H20Cl2F2N8O2S/c1-30(2,13-35)16-5-3-7-21-26(16)38-15-42(21)23-12-11-20-28(39-23)29(37-14-36-20)40-27-18(33)9-10-19(25(27)34)41-45(43,44)22-8-4-6-17(31)24(22)32/h3-12,14-15,41H,1-2H3,(H,36,37,40). The molecular weight excluding hydrogens is 645 g/mol. The molecule has 2 N–H and O–H groups in total. The SMILES string of the molecule is CC(C)(C#N)c1cccc2c1ncn2-c1ccc2ncnc(Nc3c(F)ccc(NS(=O)(=O)c4cccc(Cl)c4Cl)c3F)c2n1. The molecule has 3 aromatic heterocycles. The van der Waals surface area contributed by atoms with Crippen molar-refractivity contribution in [2.24, 2.45) is 0 Å². The van der Waals surface area contributed by atoms with Gasteiger partial charge in [0.05, 0.1) is 43.8 Å². The van der Waals surface area contributed by atoms with Crippen LogP contribution in [0.3, 0.4) is 0 Å². The number of halogens is 4. The number of hydrogen-bond donors (Lipinski definition) is 2. The van der Waals surface area contributed by atoms with E-state index in [0.29, 0.717) is 22.4 Å². The average Bonchev–Trinajstić information content (AvgIpc) is 3.46. The average molecular weight is 666 g/mol. The minimum Gasteiger partial charge on any atom is -0.333 e. The number of sulfonamides is 1. The number of nitrogens with one attached hydrogen (secondary N) is 2. The Morgan fingerprint density at radius 2 is 1.73 bits per heavy atom. The van der Waals surface area contributed by atoms with E-state index in [2.05, 4.69) is 36.0 Å². The van der Waals surface area contributed by atoms with Crippen LogP contribution in [0, 0.1) is 23.0 Å². The summed E-state index contributed by atoms with van der Waals surface area (Å²) in [6.45, 7) is 3.60. The van der Waals surface area contributed by atoms with Crippen LogP contribution in [-0.4, -0.2) is 32.9 Å². The van der Waals surface area contributed by atoms with Crippen LogP contribution in [0.4, 0.5) is 26.0 Å². The Labute approximate surface area is 265 Å². The first-order valence-corrected chi connectivity index (χ1v) is 15.4. The Balaban J connectivity index is 1.40. The van der Waals surface area contributed by atoms with E-state index in [1.807, 2.05) is 18.2 Å². The predicted molar refractivity (Wildman–Crippen MR) is 168 cm³/mol. The van der Waals surface area contributed by atoms with E-state index in [-0.39, 0.29) is 26.3 Å². The van der Waals surface area contributed by atoms with Gasteiger partial charge in [0.25, 0.3) is 10.0 Å². The number of aromatic nitrogens is 5. The molecule has 15 heteroatoms. The van der Waals surface area contributed by atoms with Gasteiger partial charge in [-0.1, -0.05) is 41.4 Å². The molecule has 0 spiro atoms. The van der Waals surface area contributed by atoms with Crippen LogP contribution in [0.2, 0.25) is 10.0 Å². The quantitative estimate of drug-likeness (QED) is 0.181. The lowest BCUT2D eigenvalue weighted by atomic mass is 9.85. The van der Waals surface area contributed by atoms with Gasteiger partial charge < -0.3 is 5.32 Å². The number of rotatable bonds is 7. The highest BCUT2D eigenvalue weighted by Gasteiger charge is 2.26. The fraction of sp³-hybridized carbons (Fsp3) is 0.100. The van der Waals surface area contributed by atoms with Crippen molar-refractivity contribution in [3.05, 3.63) is 101 Å². The minimum atomic E-state index is -4.41. The predicted octanol–water partition coefficient (Wildman–Crippen LogP) is 7.29. The third-order valence-electron chi connectivity index (χ3n) is 7.03. The van der Waals surface area contributed by atoms with Crippen LogP contribution in [0.25, 0.3) is 27.9 Å². The number of para-hydroxylation sites is 1. The van der Waals surface area contributed by atoms with E-state index in [1.165, 1.54) is 24.5 Å². The first kappa shape index (κ1) is 30.1. The van der Waals surface area contributed by atoms with Crippen molar-refractivity contribution in [1.82, 2.24) is 24.5 Å². The molecule has 45 heavy (non-hydrogen) atoms. The summed E-state index contributed by atoms with van der Waals surface area (Å²) < 4.78 is 60.5. The second-order valence-electron chi connectivity index (χ2n) is 10.4. The number of anilines is 3. The van der Waals surface area contributed by atoms with E-state index < -0.39 is 38.4 Å². The minimum absolute atomic E-state index is 0.0147. The monoisotopic (exact) mass is 664 g/mol. The molecule has 0 aliphatic rings. The second kappa shape index (κ2) is 11.2. The van der Waals surface area contributed by atoms with Crippen molar-refractivity contribution in [1.29, 1.82) is 5.26 Å². The van der Waals surface area contributed by atoms with Crippen molar-refractivity contribution in [2.75, 3.05) is 10.0 Å². The fourth-order valence-corrected chi connectivity index (χ4v) is 6.52. The molecule has 0 aliphatic carbocycles. The van der Waals surface area contributed by atoms with Gasteiger partial charge in [0.2, 0.25) is 0 Å². The molecule has 0 saturated carbocycles. The van der Waals surface area contributed by atoms with Gasteiger partial charge in [-0.15, -0.1) is 0 Å². The van der Waals surface area contributed by atoms with Crippen molar-refractivity contribution in [3.63, 3.8) is 0 Å². The second-order valence-corrected chi connectivity index (χ2v) is 12.8. The highest BCUT2D eigenvalue weighted by atomic mass is 35.5. The molecule has 0 aliphatic heterocycles. The molecule has 0 saturated heterocycles. The van der Waals surface area contributed by atoms with Gasteiger partial charge in [-0.2, -0.15) is 5.26 Å². The summed E-state index contributed by atoms with van der Waals surface area (Å²) in [7, 11) is -4.41. The largest absolute Gasteiger partial charge is 0.333 e. The highest BCUT2D eigenvalue weighted by molar-refractivity contribution is 7.92. The Morgan fingerprint density at radius 1 is 0.956 bits per heavy atom. The maximum Gasteiger partial charge on any atom is 0.263 e. The van der Waals surface area contributed by atoms with Crippen LogP contribution in [-0.2, 0) is 15.4 Å². The molecule has 0 fully saturated rings. The maximum absolute atomic E-state index is 15.7. The van der Waals surface area contributed by atoms with Gasteiger partial charge in [-0.25, -0.2) is 37.1 Å². The van der Waals surface area contributed by atoms with Crippen LogP contribution in [0.1, 0.15) is 19.4 Å². The Hall–Kier alpha value is -4.90. The van der Waals surface area contributed by atoms with E-state index in [4.69, 9.17) is 23.2 Å². The molecule has 0 unspecified atom stereocenters. The molecule has 0 amide bonds. The maximum atomic E-state index is 15.7. The molecule has 3 aromatic carbocycles. The van der Waals surface area contributed by atoms with Crippen molar-refractivity contribution < 1.29 is 17.2 Å². The first-order chi connectivity index (χ1) is 21.4. The molecule has 0 radical (unpaired) electrons. The molecule has 226 valence electrons. The van der Waals surface area contributed by atoms with E-state index in [0.717, 1.165) is 17.7 Å². The van der Waals surface area contributed by atoms with E-state index in [9.17, 15) is 13.7 Å². The first-order valence-electron chi connectivity index (χ1n) is 13.1. The highest BCUT2D eigenvalue weighted by Crippen LogP contribution is 2.35. The van der Waals surface area contributed by atoms with Gasteiger partial charge in [-0.3, -0.25) is 9.29 Å². The van der Waals surface area contributed by atoms with Crippen molar-refractivity contribution >= 4 is 72.5 Å². The molecule has 3 heterocycles. The summed E-state index contributed by atoms with van der Waals surface area (Å²) in [6, 6.07) is 16.9. The Bertz CT molecular complexity index is 2310. The number of hydrogen-bond acceptors (Lipinski definition) is 8. The third kappa shape index (κ3) is 5.37. The zero-order valence-electron chi connectivity index (χ0n) is 23.3. The van der Waals surface area contributed by atoms with Crippen LogP contribution >= 0.6 is 23.2 Å². The van der Waals surface area contributed by atoms with Crippen LogP contribution in [0.15, 0.2) is 78.2 Å². The third-order valence-corrected chi connectivity index (χ3v) is 9.37. The van der Waals surface area contributed by atoms with E-state index in [1.54, 1.807) is 36.9 Å². The Morgan fingerprint density at radius 3 is 2.51 bits per heavy atom. The smallest absolute Gasteiger partial charge is 0.263 e. The number of benzene rings is 3. The lowest BCUT2D eigenvalue weighted by Gasteiger charge is -2.16. The van der Waals surface area contributed by atoms with Gasteiger partial charge in [-0.05, 0) is 61.9 Å².